The molecule has 0 saturated carbocycles. The molecule has 1 rings (SSSR count). The van der Waals surface area contributed by atoms with Crippen molar-refractivity contribution in [1.82, 2.24) is 5.32 Å². The molecule has 0 bridgehead atoms. The molecule has 0 aliphatic heterocycles. The van der Waals surface area contributed by atoms with Crippen LogP contribution in [-0.4, -0.2) is 24.8 Å². The summed E-state index contributed by atoms with van der Waals surface area (Å²) >= 11 is 3.39. The van der Waals surface area contributed by atoms with Crippen molar-refractivity contribution in [3.8, 4) is 0 Å². The summed E-state index contributed by atoms with van der Waals surface area (Å²) in [6, 6.07) is 7.71. The zero-order chi connectivity index (χ0) is 10.6. The first-order valence-electron chi connectivity index (χ1n) is 4.50. The summed E-state index contributed by atoms with van der Waals surface area (Å²) in [5.74, 6) is 0. The summed E-state index contributed by atoms with van der Waals surface area (Å²) in [5, 5.41) is 12.7. The Morgan fingerprint density at radius 1 is 1.57 bits per heavy atom. The van der Waals surface area contributed by atoms with Crippen molar-refractivity contribution >= 4 is 15.9 Å². The molecule has 1 aromatic carbocycles. The number of nitrogens with two attached hydrogens (primary N) is 1. The van der Waals surface area contributed by atoms with Crippen LogP contribution in [0.1, 0.15) is 11.6 Å². The largest absolute Gasteiger partial charge is 0.390 e. The van der Waals surface area contributed by atoms with Crippen LogP contribution in [0.2, 0.25) is 0 Å². The van der Waals surface area contributed by atoms with Crippen LogP contribution in [0, 0.1) is 0 Å². The molecule has 0 radical (unpaired) electrons. The number of aliphatic hydroxyl groups excluding tert-OH is 1. The van der Waals surface area contributed by atoms with Crippen LogP contribution in [-0.2, 0) is 0 Å². The van der Waals surface area contributed by atoms with Crippen LogP contribution in [0.5, 0.6) is 0 Å². The highest BCUT2D eigenvalue weighted by Crippen LogP contribution is 2.20. The van der Waals surface area contributed by atoms with Crippen LogP contribution in [0.15, 0.2) is 28.7 Å². The fourth-order valence-electron chi connectivity index (χ4n) is 1.42. The molecule has 4 N–H and O–H groups in total. The third kappa shape index (κ3) is 2.78. The summed E-state index contributed by atoms with van der Waals surface area (Å²) in [6.45, 7) is 0.248. The van der Waals surface area contributed by atoms with Gasteiger partial charge in [0.15, 0.2) is 0 Å². The minimum atomic E-state index is -0.561. The number of halogens is 1. The Kier molecular flexibility index (Phi) is 4.54. The van der Waals surface area contributed by atoms with E-state index in [9.17, 15) is 5.11 Å². The number of likely N-dealkylation sites (N-methyl/N-ethyl adjacent to an activating group) is 1. The van der Waals surface area contributed by atoms with Crippen LogP contribution in [0.4, 0.5) is 0 Å². The van der Waals surface area contributed by atoms with E-state index in [1.165, 1.54) is 0 Å². The first-order chi connectivity index (χ1) is 6.69. The van der Waals surface area contributed by atoms with E-state index < -0.39 is 6.10 Å². The summed E-state index contributed by atoms with van der Waals surface area (Å²) in [6.07, 6.45) is -0.561. The van der Waals surface area contributed by atoms with Gasteiger partial charge in [0, 0.05) is 11.0 Å². The van der Waals surface area contributed by atoms with Crippen molar-refractivity contribution in [2.45, 2.75) is 12.1 Å². The molecule has 1 aromatic rings. The van der Waals surface area contributed by atoms with Crippen molar-refractivity contribution in [3.63, 3.8) is 0 Å². The van der Waals surface area contributed by atoms with Crippen molar-refractivity contribution in [3.05, 3.63) is 34.3 Å². The second-order valence-electron chi connectivity index (χ2n) is 3.12. The predicted octanol–water partition coefficient (Wildman–Crippen LogP) is 1.03. The van der Waals surface area contributed by atoms with Gasteiger partial charge in [-0.25, -0.2) is 0 Å². The van der Waals surface area contributed by atoms with Crippen molar-refractivity contribution in [2.24, 2.45) is 5.73 Å². The normalized spacial score (nSPS) is 15.1. The van der Waals surface area contributed by atoms with Crippen LogP contribution in [0.3, 0.4) is 0 Å². The summed E-state index contributed by atoms with van der Waals surface area (Å²) in [7, 11) is 1.81. The van der Waals surface area contributed by atoms with Crippen molar-refractivity contribution in [1.29, 1.82) is 0 Å². The molecule has 3 nitrogen and oxygen atoms in total. The topological polar surface area (TPSA) is 58.3 Å². The maximum Gasteiger partial charge on any atom is 0.0856 e. The Hall–Kier alpha value is -0.420. The zero-order valence-corrected chi connectivity index (χ0v) is 9.66. The Morgan fingerprint density at radius 2 is 2.29 bits per heavy atom. The SMILES string of the molecule is CNC(c1cccc(Br)c1)C(O)CN. The van der Waals surface area contributed by atoms with E-state index in [0.29, 0.717) is 0 Å². The average molecular weight is 259 g/mol. The van der Waals surface area contributed by atoms with Gasteiger partial charge in [-0.3, -0.25) is 0 Å². The minimum absolute atomic E-state index is 0.113. The van der Waals surface area contributed by atoms with Gasteiger partial charge in [0.25, 0.3) is 0 Å². The Labute approximate surface area is 92.4 Å². The molecule has 2 atom stereocenters. The van der Waals surface area contributed by atoms with E-state index in [-0.39, 0.29) is 12.6 Å². The molecular weight excluding hydrogens is 244 g/mol. The van der Waals surface area contributed by atoms with Crippen molar-refractivity contribution in [2.75, 3.05) is 13.6 Å². The van der Waals surface area contributed by atoms with Gasteiger partial charge in [-0.2, -0.15) is 0 Å². The van der Waals surface area contributed by atoms with E-state index in [0.717, 1.165) is 10.0 Å². The third-order valence-corrected chi connectivity index (χ3v) is 2.64. The Bertz CT molecular complexity index is 293. The number of hydrogen-bond donors (Lipinski definition) is 3. The first kappa shape index (κ1) is 11.7. The number of benzene rings is 1. The third-order valence-electron chi connectivity index (χ3n) is 2.15. The maximum atomic E-state index is 9.66. The van der Waals surface area contributed by atoms with Gasteiger partial charge in [0.2, 0.25) is 0 Å². The van der Waals surface area contributed by atoms with E-state index in [1.54, 1.807) is 0 Å². The number of rotatable bonds is 4. The van der Waals surface area contributed by atoms with Crippen molar-refractivity contribution < 1.29 is 5.11 Å². The number of aliphatic hydroxyl groups is 1. The number of nitrogens with one attached hydrogen (secondary N) is 1. The second-order valence-corrected chi connectivity index (χ2v) is 4.04. The van der Waals surface area contributed by atoms with Gasteiger partial charge in [-0.05, 0) is 24.7 Å². The lowest BCUT2D eigenvalue weighted by atomic mass is 10.0. The summed E-state index contributed by atoms with van der Waals surface area (Å²) < 4.78 is 1.000. The molecule has 78 valence electrons. The van der Waals surface area contributed by atoms with Crippen LogP contribution < -0.4 is 11.1 Å². The van der Waals surface area contributed by atoms with Gasteiger partial charge in [0.1, 0.15) is 0 Å². The second kappa shape index (κ2) is 5.46. The smallest absolute Gasteiger partial charge is 0.0856 e. The van der Waals surface area contributed by atoms with Gasteiger partial charge in [0.05, 0.1) is 12.1 Å². The fourth-order valence-corrected chi connectivity index (χ4v) is 1.83. The average Bonchev–Trinajstić information content (AvgIpc) is 2.19. The Balaban J connectivity index is 2.89. The lowest BCUT2D eigenvalue weighted by Gasteiger charge is -2.21. The molecular formula is C10H15BrN2O. The summed E-state index contributed by atoms with van der Waals surface area (Å²) in [4.78, 5) is 0. The first-order valence-corrected chi connectivity index (χ1v) is 5.29. The molecule has 0 spiro atoms. The maximum absolute atomic E-state index is 9.66. The van der Waals surface area contributed by atoms with Gasteiger partial charge >= 0.3 is 0 Å². The highest BCUT2D eigenvalue weighted by molar-refractivity contribution is 9.10. The van der Waals surface area contributed by atoms with E-state index in [2.05, 4.69) is 21.2 Å². The molecule has 0 saturated heterocycles. The van der Waals surface area contributed by atoms with Gasteiger partial charge < -0.3 is 16.2 Å². The molecule has 2 unspecified atom stereocenters. The number of hydrogen-bond acceptors (Lipinski definition) is 3. The van der Waals surface area contributed by atoms with E-state index >= 15 is 0 Å². The molecule has 0 aliphatic carbocycles. The minimum Gasteiger partial charge on any atom is -0.390 e. The lowest BCUT2D eigenvalue weighted by molar-refractivity contribution is 0.139. The van der Waals surface area contributed by atoms with Gasteiger partial charge in [-0.15, -0.1) is 0 Å². The fraction of sp³-hybridized carbons (Fsp3) is 0.400. The van der Waals surface area contributed by atoms with E-state index in [4.69, 9.17) is 5.73 Å². The highest BCUT2D eigenvalue weighted by atomic mass is 79.9. The monoisotopic (exact) mass is 258 g/mol. The molecule has 0 aromatic heterocycles. The molecule has 4 heteroatoms. The molecule has 0 amide bonds. The lowest BCUT2D eigenvalue weighted by Crippen LogP contribution is -2.34. The Morgan fingerprint density at radius 3 is 2.79 bits per heavy atom. The predicted molar refractivity (Wildman–Crippen MR) is 61.0 cm³/mol. The van der Waals surface area contributed by atoms with Crippen LogP contribution >= 0.6 is 15.9 Å². The molecule has 14 heavy (non-hydrogen) atoms. The van der Waals surface area contributed by atoms with E-state index in [1.807, 2.05) is 31.3 Å². The van der Waals surface area contributed by atoms with Crippen LogP contribution in [0.25, 0.3) is 0 Å². The summed E-state index contributed by atoms with van der Waals surface area (Å²) in [5.41, 5.74) is 6.45. The molecule has 0 fully saturated rings. The quantitative estimate of drug-likeness (QED) is 0.757. The standard InChI is InChI=1S/C10H15BrN2O/c1-13-10(9(14)6-12)7-3-2-4-8(11)5-7/h2-5,9-10,13-14H,6,12H2,1H3. The molecule has 0 aliphatic rings. The highest BCUT2D eigenvalue weighted by Gasteiger charge is 2.17. The zero-order valence-electron chi connectivity index (χ0n) is 8.07. The molecule has 0 heterocycles. The van der Waals surface area contributed by atoms with Gasteiger partial charge in [-0.1, -0.05) is 28.1 Å².